The maximum Gasteiger partial charge on any atom is 0.356 e. The fraction of sp³-hybridized carbons (Fsp3) is 0.192. The minimum Gasteiger partial charge on any atom is -0.448 e. The smallest absolute Gasteiger partial charge is 0.356 e. The molecule has 34 heavy (non-hydrogen) atoms. The van der Waals surface area contributed by atoms with E-state index in [1.54, 1.807) is 17.3 Å². The number of ether oxygens (including phenoxy) is 1. The van der Waals surface area contributed by atoms with Crippen molar-refractivity contribution in [3.05, 3.63) is 105 Å². The third-order valence-electron chi connectivity index (χ3n) is 5.88. The average molecular weight is 490 g/mol. The van der Waals surface area contributed by atoms with Crippen molar-refractivity contribution in [1.29, 1.82) is 0 Å². The van der Waals surface area contributed by atoms with Gasteiger partial charge in [-0.15, -0.1) is 23.1 Å². The van der Waals surface area contributed by atoms with E-state index in [4.69, 9.17) is 10.5 Å². The molecule has 172 valence electrons. The van der Waals surface area contributed by atoms with Gasteiger partial charge in [0.2, 0.25) is 5.91 Å². The van der Waals surface area contributed by atoms with Crippen molar-refractivity contribution in [1.82, 2.24) is 9.88 Å². The molecule has 6 nitrogen and oxygen atoms in total. The van der Waals surface area contributed by atoms with Crippen LogP contribution in [-0.2, 0) is 14.3 Å². The topological polar surface area (TPSA) is 85.5 Å². The van der Waals surface area contributed by atoms with Gasteiger partial charge in [0.25, 0.3) is 0 Å². The molecule has 1 aromatic heterocycles. The Morgan fingerprint density at radius 1 is 1.12 bits per heavy atom. The maximum absolute atomic E-state index is 13.7. The highest BCUT2D eigenvalue weighted by Crippen LogP contribution is 2.41. The van der Waals surface area contributed by atoms with Crippen LogP contribution < -0.4 is 5.73 Å². The first-order valence-corrected chi connectivity index (χ1v) is 12.8. The molecule has 2 atom stereocenters. The van der Waals surface area contributed by atoms with E-state index in [0.29, 0.717) is 5.75 Å². The summed E-state index contributed by atoms with van der Waals surface area (Å²) >= 11 is 3.08. The van der Waals surface area contributed by atoms with Gasteiger partial charge in [-0.3, -0.25) is 9.69 Å². The van der Waals surface area contributed by atoms with Crippen LogP contribution in [0.5, 0.6) is 0 Å². The van der Waals surface area contributed by atoms with Gasteiger partial charge in [-0.1, -0.05) is 66.7 Å². The molecule has 0 spiro atoms. The number of aryl methyl sites for hydroxylation is 1. The lowest BCUT2D eigenvalue weighted by Gasteiger charge is -2.48. The molecule has 2 N–H and O–H groups in total. The van der Waals surface area contributed by atoms with Crippen LogP contribution in [0.3, 0.4) is 0 Å². The van der Waals surface area contributed by atoms with Gasteiger partial charge in [0, 0.05) is 10.6 Å². The van der Waals surface area contributed by atoms with Crippen LogP contribution in [0.4, 0.5) is 0 Å². The normalized spacial score (nSPS) is 20.0. The summed E-state index contributed by atoms with van der Waals surface area (Å²) < 4.78 is 6.10. The number of rotatable bonds is 6. The molecular weight excluding hydrogens is 466 g/mol. The number of carbonyl (C=O) groups is 2. The number of nitrogens with two attached hydrogens (primary N) is 1. The molecule has 8 heteroatoms. The zero-order valence-electron chi connectivity index (χ0n) is 18.5. The Morgan fingerprint density at radius 3 is 2.35 bits per heavy atom. The zero-order valence-corrected chi connectivity index (χ0v) is 20.1. The van der Waals surface area contributed by atoms with Crippen LogP contribution in [0.2, 0.25) is 0 Å². The second kappa shape index (κ2) is 9.58. The van der Waals surface area contributed by atoms with Gasteiger partial charge in [-0.25, -0.2) is 9.78 Å². The summed E-state index contributed by atoms with van der Waals surface area (Å²) in [5, 5.41) is -0.260. The van der Waals surface area contributed by atoms with Crippen LogP contribution in [0.15, 0.2) is 83.5 Å². The Kier molecular flexibility index (Phi) is 6.36. The summed E-state index contributed by atoms with van der Waals surface area (Å²) in [4.78, 5) is 33.1. The van der Waals surface area contributed by atoms with Crippen LogP contribution in [0, 0.1) is 6.92 Å². The zero-order chi connectivity index (χ0) is 23.7. The molecule has 3 aromatic rings. The van der Waals surface area contributed by atoms with Crippen LogP contribution in [0.25, 0.3) is 6.08 Å². The van der Waals surface area contributed by atoms with Gasteiger partial charge in [0.05, 0.1) is 11.2 Å². The molecule has 0 aliphatic carbocycles. The predicted octanol–water partition coefficient (Wildman–Crippen LogP) is 4.29. The van der Waals surface area contributed by atoms with Gasteiger partial charge >= 0.3 is 5.97 Å². The molecule has 2 aromatic carbocycles. The minimum absolute atomic E-state index is 0.260. The lowest BCUT2D eigenvalue weighted by atomic mass is 10.0. The molecule has 0 radical (unpaired) electrons. The molecule has 1 fully saturated rings. The first-order chi connectivity index (χ1) is 16.5. The number of hydrogen-bond acceptors (Lipinski definition) is 7. The molecule has 2 aliphatic rings. The second-order valence-electron chi connectivity index (χ2n) is 8.05. The molecular formula is C26H23N3O3S2. The van der Waals surface area contributed by atoms with Crippen molar-refractivity contribution >= 4 is 41.1 Å². The van der Waals surface area contributed by atoms with E-state index in [1.165, 1.54) is 16.2 Å². The van der Waals surface area contributed by atoms with E-state index < -0.39 is 18.1 Å². The summed E-state index contributed by atoms with van der Waals surface area (Å²) in [5.74, 6) is -0.244. The molecule has 1 unspecified atom stereocenters. The number of thiazole rings is 1. The van der Waals surface area contributed by atoms with E-state index in [0.717, 1.165) is 27.3 Å². The highest BCUT2D eigenvalue weighted by molar-refractivity contribution is 8.00. The quantitative estimate of drug-likeness (QED) is 0.411. The molecule has 2 aliphatic heterocycles. The first-order valence-electron chi connectivity index (χ1n) is 10.9. The monoisotopic (exact) mass is 489 g/mol. The summed E-state index contributed by atoms with van der Waals surface area (Å²) in [7, 11) is 0. The number of hydrogen-bond donors (Lipinski definition) is 1. The Morgan fingerprint density at radius 2 is 1.76 bits per heavy atom. The molecule has 1 saturated heterocycles. The third-order valence-corrected chi connectivity index (χ3v) is 8.10. The molecule has 5 rings (SSSR count). The van der Waals surface area contributed by atoms with Crippen molar-refractivity contribution in [3.8, 4) is 0 Å². The largest absolute Gasteiger partial charge is 0.448 e. The number of β-lactam (4-membered cyclic amide) rings is 1. The Hall–Kier alpha value is -3.20. The number of benzene rings is 2. The maximum atomic E-state index is 13.7. The highest BCUT2D eigenvalue weighted by Gasteiger charge is 2.52. The Balaban J connectivity index is 1.52. The van der Waals surface area contributed by atoms with Crippen molar-refractivity contribution in [2.45, 2.75) is 24.4 Å². The Bertz CT molecular complexity index is 1230. The van der Waals surface area contributed by atoms with Gasteiger partial charge < -0.3 is 10.5 Å². The first kappa shape index (κ1) is 22.6. The number of fused-ring (bicyclic) bond motifs is 1. The van der Waals surface area contributed by atoms with E-state index in [2.05, 4.69) is 4.98 Å². The van der Waals surface area contributed by atoms with E-state index in [-0.39, 0.29) is 17.0 Å². The van der Waals surface area contributed by atoms with E-state index in [9.17, 15) is 9.59 Å². The van der Waals surface area contributed by atoms with Gasteiger partial charge in [-0.2, -0.15) is 0 Å². The third kappa shape index (κ3) is 4.20. The Labute approximate surface area is 206 Å². The summed E-state index contributed by atoms with van der Waals surface area (Å²) in [6, 6.07) is 18.6. The van der Waals surface area contributed by atoms with E-state index >= 15 is 0 Å². The lowest BCUT2D eigenvalue weighted by Crippen LogP contribution is -2.68. The number of carbonyl (C=O) groups excluding carboxylic acids is 2. The van der Waals surface area contributed by atoms with E-state index in [1.807, 2.05) is 79.7 Å². The fourth-order valence-electron chi connectivity index (χ4n) is 4.05. The summed E-state index contributed by atoms with van der Waals surface area (Å²) in [6.07, 6.45) is 3.22. The standard InChI is InChI=1S/C26H23N3O3S2/c1-16-20(34-15-28-16)13-12-19-14-33-25-21(27)24(30)29(25)22(19)26(31)32-23(17-8-4-2-5-9-17)18-10-6-3-7-11-18/h2-13,15,21,23,25H,14,27H2,1H3/b13-12-/t21?,25-/m0/s1. The number of esters is 1. The summed E-state index contributed by atoms with van der Waals surface area (Å²) in [6.45, 7) is 1.94. The average Bonchev–Trinajstić information content (AvgIpc) is 3.30. The van der Waals surface area contributed by atoms with Crippen molar-refractivity contribution in [2.24, 2.45) is 5.73 Å². The second-order valence-corrected chi connectivity index (χ2v) is 10.0. The van der Waals surface area contributed by atoms with Gasteiger partial charge in [0.1, 0.15) is 17.1 Å². The lowest BCUT2D eigenvalue weighted by molar-refractivity contribution is -0.153. The summed E-state index contributed by atoms with van der Waals surface area (Å²) in [5.41, 5.74) is 11.4. The number of allylic oxidation sites excluding steroid dienone is 1. The van der Waals surface area contributed by atoms with Crippen LogP contribution >= 0.6 is 23.1 Å². The number of aromatic nitrogens is 1. The molecule has 0 saturated carbocycles. The van der Waals surface area contributed by atoms with Gasteiger partial charge in [-0.05, 0) is 29.7 Å². The fourth-order valence-corrected chi connectivity index (χ4v) is 6.01. The number of nitrogens with zero attached hydrogens (tertiary/aromatic N) is 2. The molecule has 0 bridgehead atoms. The number of amides is 1. The van der Waals surface area contributed by atoms with Crippen LogP contribution in [-0.4, -0.2) is 38.9 Å². The van der Waals surface area contributed by atoms with Crippen LogP contribution in [0.1, 0.15) is 27.8 Å². The van der Waals surface area contributed by atoms with Crippen molar-refractivity contribution < 1.29 is 14.3 Å². The highest BCUT2D eigenvalue weighted by atomic mass is 32.2. The predicted molar refractivity (Wildman–Crippen MR) is 135 cm³/mol. The number of thioether (sulfide) groups is 1. The molecule has 3 heterocycles. The SMILES string of the molecule is Cc1ncsc1/C=C\C1=C(C(=O)OC(c2ccccc2)c2ccccc2)N2C(=O)C(N)[C@@H]2SC1. The van der Waals surface area contributed by atoms with Crippen molar-refractivity contribution in [2.75, 3.05) is 5.75 Å². The van der Waals surface area contributed by atoms with Gasteiger partial charge in [0.15, 0.2) is 6.10 Å². The van der Waals surface area contributed by atoms with Crippen molar-refractivity contribution in [3.63, 3.8) is 0 Å². The molecule has 1 amide bonds. The minimum atomic E-state index is -0.610.